The molecule has 5 nitrogen and oxygen atoms in total. The van der Waals surface area contributed by atoms with Crippen LogP contribution in [0.2, 0.25) is 0 Å². The molecule has 1 atom stereocenters. The molecule has 2 amide bonds. The monoisotopic (exact) mass is 417 g/mol. The highest BCUT2D eigenvalue weighted by molar-refractivity contribution is 6.11. The summed E-state index contributed by atoms with van der Waals surface area (Å²) in [7, 11) is 0. The van der Waals surface area contributed by atoms with Crippen molar-refractivity contribution < 1.29 is 9.59 Å². The van der Waals surface area contributed by atoms with Gasteiger partial charge in [0, 0.05) is 43.5 Å². The SMILES string of the molecule is CC(C)N1CCN(C(=O)CC2c3cc4c(cc3C(=O)N2c2ccccc2)CCC4)CC1. The van der Waals surface area contributed by atoms with Crippen molar-refractivity contribution in [2.45, 2.75) is 51.6 Å². The molecule has 31 heavy (non-hydrogen) atoms. The van der Waals surface area contributed by atoms with Gasteiger partial charge in [-0.1, -0.05) is 24.3 Å². The highest BCUT2D eigenvalue weighted by Crippen LogP contribution is 2.42. The van der Waals surface area contributed by atoms with Crippen LogP contribution in [-0.4, -0.2) is 53.8 Å². The number of fused-ring (bicyclic) bond motifs is 2. The molecule has 3 aliphatic rings. The van der Waals surface area contributed by atoms with Gasteiger partial charge in [-0.3, -0.25) is 14.5 Å². The maximum atomic E-state index is 13.5. The van der Waals surface area contributed by atoms with Gasteiger partial charge in [0.2, 0.25) is 5.91 Å². The lowest BCUT2D eigenvalue weighted by atomic mass is 9.96. The van der Waals surface area contributed by atoms with E-state index in [1.165, 1.54) is 11.1 Å². The first kappa shape index (κ1) is 20.3. The quantitative estimate of drug-likeness (QED) is 0.760. The Kier molecular flexibility index (Phi) is 5.30. The van der Waals surface area contributed by atoms with E-state index in [1.807, 2.05) is 40.1 Å². The first-order chi connectivity index (χ1) is 15.0. The third-order valence-corrected chi connectivity index (χ3v) is 7.18. The Morgan fingerprint density at radius 2 is 1.68 bits per heavy atom. The number of carbonyl (C=O) groups excluding carboxylic acids is 2. The fourth-order valence-electron chi connectivity index (χ4n) is 5.38. The number of anilines is 1. The van der Waals surface area contributed by atoms with Crippen molar-refractivity contribution in [3.63, 3.8) is 0 Å². The number of piperazine rings is 1. The van der Waals surface area contributed by atoms with Crippen LogP contribution in [0, 0.1) is 0 Å². The van der Waals surface area contributed by atoms with Gasteiger partial charge in [0.15, 0.2) is 0 Å². The molecule has 0 saturated carbocycles. The molecule has 0 bridgehead atoms. The summed E-state index contributed by atoms with van der Waals surface area (Å²) in [6.45, 7) is 7.77. The zero-order valence-corrected chi connectivity index (χ0v) is 18.5. The van der Waals surface area contributed by atoms with Crippen LogP contribution in [-0.2, 0) is 17.6 Å². The van der Waals surface area contributed by atoms with Crippen LogP contribution in [0.25, 0.3) is 0 Å². The summed E-state index contributed by atoms with van der Waals surface area (Å²) in [6.07, 6.45) is 3.61. The Balaban J connectivity index is 1.44. The van der Waals surface area contributed by atoms with Gasteiger partial charge in [-0.05, 0) is 68.0 Å². The Morgan fingerprint density at radius 3 is 2.35 bits per heavy atom. The number of amides is 2. The van der Waals surface area contributed by atoms with Crippen molar-refractivity contribution in [2.75, 3.05) is 31.1 Å². The van der Waals surface area contributed by atoms with E-state index in [0.29, 0.717) is 12.5 Å². The fourth-order valence-corrected chi connectivity index (χ4v) is 5.38. The van der Waals surface area contributed by atoms with Crippen molar-refractivity contribution in [2.24, 2.45) is 0 Å². The molecule has 2 aromatic carbocycles. The van der Waals surface area contributed by atoms with E-state index in [2.05, 4.69) is 30.9 Å². The van der Waals surface area contributed by atoms with Crippen molar-refractivity contribution in [3.05, 3.63) is 64.7 Å². The van der Waals surface area contributed by atoms with Gasteiger partial charge in [0.05, 0.1) is 12.5 Å². The second kappa shape index (κ2) is 8.12. The number of hydrogen-bond donors (Lipinski definition) is 0. The first-order valence-corrected chi connectivity index (χ1v) is 11.6. The molecule has 1 fully saturated rings. The minimum Gasteiger partial charge on any atom is -0.340 e. The Bertz CT molecular complexity index is 993. The topological polar surface area (TPSA) is 43.9 Å². The average molecular weight is 418 g/mol. The predicted molar refractivity (Wildman–Crippen MR) is 122 cm³/mol. The summed E-state index contributed by atoms with van der Waals surface area (Å²) in [5.74, 6) is 0.175. The van der Waals surface area contributed by atoms with Crippen molar-refractivity contribution in [1.29, 1.82) is 0 Å². The smallest absolute Gasteiger partial charge is 0.259 e. The van der Waals surface area contributed by atoms with E-state index in [1.54, 1.807) is 0 Å². The molecule has 2 aliphatic heterocycles. The number of benzene rings is 2. The highest BCUT2D eigenvalue weighted by atomic mass is 16.2. The molecule has 2 aromatic rings. The molecule has 1 saturated heterocycles. The lowest BCUT2D eigenvalue weighted by Crippen LogP contribution is -2.51. The molecule has 0 radical (unpaired) electrons. The van der Waals surface area contributed by atoms with E-state index < -0.39 is 0 Å². The largest absolute Gasteiger partial charge is 0.340 e. The van der Waals surface area contributed by atoms with Crippen LogP contribution in [0.3, 0.4) is 0 Å². The van der Waals surface area contributed by atoms with Crippen LogP contribution in [0.5, 0.6) is 0 Å². The van der Waals surface area contributed by atoms with Crippen LogP contribution in [0.1, 0.15) is 59.8 Å². The van der Waals surface area contributed by atoms with Crippen LogP contribution in [0.15, 0.2) is 42.5 Å². The molecule has 162 valence electrons. The van der Waals surface area contributed by atoms with Gasteiger partial charge in [-0.15, -0.1) is 0 Å². The average Bonchev–Trinajstić information content (AvgIpc) is 3.35. The molecule has 0 N–H and O–H groups in total. The molecule has 5 heteroatoms. The summed E-state index contributed by atoms with van der Waals surface area (Å²) in [5, 5.41) is 0. The molecular formula is C26H31N3O2. The number of para-hydroxylation sites is 1. The van der Waals surface area contributed by atoms with E-state index in [-0.39, 0.29) is 17.9 Å². The van der Waals surface area contributed by atoms with E-state index in [0.717, 1.165) is 62.3 Å². The first-order valence-electron chi connectivity index (χ1n) is 11.6. The van der Waals surface area contributed by atoms with Gasteiger partial charge in [0.25, 0.3) is 5.91 Å². The maximum absolute atomic E-state index is 13.5. The zero-order valence-electron chi connectivity index (χ0n) is 18.5. The summed E-state index contributed by atoms with van der Waals surface area (Å²) < 4.78 is 0. The summed E-state index contributed by atoms with van der Waals surface area (Å²) in [5.41, 5.74) is 5.34. The second-order valence-electron chi connectivity index (χ2n) is 9.30. The Hall–Kier alpha value is -2.66. The number of rotatable bonds is 4. The van der Waals surface area contributed by atoms with Crippen LogP contribution >= 0.6 is 0 Å². The summed E-state index contributed by atoms with van der Waals surface area (Å²) in [4.78, 5) is 33.1. The molecular weight excluding hydrogens is 386 g/mol. The van der Waals surface area contributed by atoms with Gasteiger partial charge in [0.1, 0.15) is 0 Å². The zero-order chi connectivity index (χ0) is 21.5. The third-order valence-electron chi connectivity index (χ3n) is 7.18. The van der Waals surface area contributed by atoms with Crippen molar-refractivity contribution in [1.82, 2.24) is 9.80 Å². The normalized spacial score (nSPS) is 21.0. The number of carbonyl (C=O) groups is 2. The predicted octanol–water partition coefficient (Wildman–Crippen LogP) is 3.82. The Morgan fingerprint density at radius 1 is 1.00 bits per heavy atom. The highest BCUT2D eigenvalue weighted by Gasteiger charge is 2.40. The van der Waals surface area contributed by atoms with Crippen molar-refractivity contribution in [3.8, 4) is 0 Å². The van der Waals surface area contributed by atoms with E-state index in [4.69, 9.17) is 0 Å². The summed E-state index contributed by atoms with van der Waals surface area (Å²) >= 11 is 0. The minimum atomic E-state index is -0.230. The maximum Gasteiger partial charge on any atom is 0.259 e. The van der Waals surface area contributed by atoms with Crippen LogP contribution < -0.4 is 4.90 Å². The lowest BCUT2D eigenvalue weighted by Gasteiger charge is -2.37. The second-order valence-corrected chi connectivity index (χ2v) is 9.30. The van der Waals surface area contributed by atoms with Gasteiger partial charge in [-0.25, -0.2) is 0 Å². The number of hydrogen-bond acceptors (Lipinski definition) is 3. The number of nitrogens with zero attached hydrogens (tertiary/aromatic N) is 3. The molecule has 5 rings (SSSR count). The lowest BCUT2D eigenvalue weighted by molar-refractivity contribution is -0.133. The standard InChI is InChI=1S/C26H31N3O2/c1-18(2)27-11-13-28(14-12-27)25(30)17-24-22-15-19-7-6-8-20(19)16-23(22)26(31)29(24)21-9-4-3-5-10-21/h3-5,9-10,15-16,18,24H,6-8,11-14,17H2,1-2H3. The van der Waals surface area contributed by atoms with E-state index in [9.17, 15) is 9.59 Å². The molecule has 1 aliphatic carbocycles. The van der Waals surface area contributed by atoms with Gasteiger partial charge < -0.3 is 9.80 Å². The molecule has 0 spiro atoms. The number of aryl methyl sites for hydroxylation is 2. The Labute approximate surface area is 184 Å². The molecule has 0 aromatic heterocycles. The fraction of sp³-hybridized carbons (Fsp3) is 0.462. The van der Waals surface area contributed by atoms with E-state index >= 15 is 0 Å². The van der Waals surface area contributed by atoms with Gasteiger partial charge >= 0.3 is 0 Å². The van der Waals surface area contributed by atoms with Crippen molar-refractivity contribution >= 4 is 17.5 Å². The molecule has 1 unspecified atom stereocenters. The summed E-state index contributed by atoms with van der Waals surface area (Å²) in [6, 6.07) is 14.4. The molecule has 2 heterocycles. The minimum absolute atomic E-state index is 0.0262. The van der Waals surface area contributed by atoms with Gasteiger partial charge in [-0.2, -0.15) is 0 Å². The van der Waals surface area contributed by atoms with Crippen LogP contribution in [0.4, 0.5) is 5.69 Å². The third kappa shape index (κ3) is 3.65.